The van der Waals surface area contributed by atoms with Crippen molar-refractivity contribution < 1.29 is 14.3 Å². The molecule has 0 bridgehead atoms. The van der Waals surface area contributed by atoms with E-state index in [9.17, 15) is 4.79 Å². The van der Waals surface area contributed by atoms with Gasteiger partial charge < -0.3 is 15.2 Å². The number of aryl methyl sites for hydroxylation is 1. The highest BCUT2D eigenvalue weighted by Crippen LogP contribution is 2.35. The van der Waals surface area contributed by atoms with Crippen LogP contribution in [0.25, 0.3) is 0 Å². The average molecular weight is 356 g/mol. The number of carbonyl (C=O) groups excluding carboxylic acids is 1. The summed E-state index contributed by atoms with van der Waals surface area (Å²) >= 11 is 4.82. The maximum atomic E-state index is 12.6. The topological polar surface area (TPSA) is 61.5 Å². The summed E-state index contributed by atoms with van der Waals surface area (Å²) in [6.45, 7) is 1.95. The van der Waals surface area contributed by atoms with Gasteiger partial charge in [-0.25, -0.2) is 0 Å². The zero-order valence-electron chi connectivity index (χ0n) is 11.3. The lowest BCUT2D eigenvalue weighted by Crippen LogP contribution is -2.06. The Kier molecular flexibility index (Phi) is 4.35. The Hall–Kier alpha value is -1.53. The number of hydrogen-bond donors (Lipinski definition) is 1. The molecule has 2 aromatic rings. The van der Waals surface area contributed by atoms with Crippen LogP contribution in [-0.4, -0.2) is 20.0 Å². The second-order valence-electron chi connectivity index (χ2n) is 4.16. The Bertz CT molecular complexity index is 667. The fourth-order valence-corrected chi connectivity index (χ4v) is 3.63. The average Bonchev–Trinajstić information content (AvgIpc) is 2.76. The van der Waals surface area contributed by atoms with Gasteiger partial charge in [-0.15, -0.1) is 11.3 Å². The summed E-state index contributed by atoms with van der Waals surface area (Å²) in [6, 6.07) is 5.12. The largest absolute Gasteiger partial charge is 0.493 e. The summed E-state index contributed by atoms with van der Waals surface area (Å²) in [7, 11) is 3.05. The molecular formula is C14H14BrNO3S. The molecule has 6 heteroatoms. The Morgan fingerprint density at radius 1 is 1.20 bits per heavy atom. The van der Waals surface area contributed by atoms with Crippen LogP contribution in [-0.2, 0) is 0 Å². The molecule has 0 atom stereocenters. The fraction of sp³-hybridized carbons (Fsp3) is 0.214. The molecule has 0 fully saturated rings. The molecule has 106 valence electrons. The molecule has 20 heavy (non-hydrogen) atoms. The van der Waals surface area contributed by atoms with Gasteiger partial charge in [-0.05, 0) is 35.0 Å². The summed E-state index contributed by atoms with van der Waals surface area (Å²) in [6.07, 6.45) is 0. The molecule has 2 rings (SSSR count). The number of carbonyl (C=O) groups is 1. The molecular weight excluding hydrogens is 342 g/mol. The third-order valence-corrected chi connectivity index (χ3v) is 4.75. The zero-order chi connectivity index (χ0) is 14.9. The van der Waals surface area contributed by atoms with E-state index < -0.39 is 0 Å². The molecule has 1 heterocycles. The number of ketones is 1. The third-order valence-electron chi connectivity index (χ3n) is 2.82. The number of nitrogen functional groups attached to an aromatic ring is 1. The van der Waals surface area contributed by atoms with Gasteiger partial charge in [-0.2, -0.15) is 0 Å². The van der Waals surface area contributed by atoms with Gasteiger partial charge in [0.15, 0.2) is 11.5 Å². The van der Waals surface area contributed by atoms with Crippen molar-refractivity contribution in [3.8, 4) is 11.5 Å². The van der Waals surface area contributed by atoms with Crippen molar-refractivity contribution in [1.82, 2.24) is 0 Å². The van der Waals surface area contributed by atoms with E-state index >= 15 is 0 Å². The minimum Gasteiger partial charge on any atom is -0.493 e. The SMILES string of the molecule is COc1cc(N)c(C(=O)c2sc(C)cc2Br)cc1OC. The lowest BCUT2D eigenvalue weighted by molar-refractivity contribution is 0.104. The lowest BCUT2D eigenvalue weighted by atomic mass is 10.1. The molecule has 0 amide bonds. The number of hydrogen-bond acceptors (Lipinski definition) is 5. The number of thiophene rings is 1. The predicted molar refractivity (Wildman–Crippen MR) is 84.1 cm³/mol. The summed E-state index contributed by atoms with van der Waals surface area (Å²) in [5.41, 5.74) is 6.72. The van der Waals surface area contributed by atoms with Crippen LogP contribution >= 0.6 is 27.3 Å². The van der Waals surface area contributed by atoms with Crippen molar-refractivity contribution in [2.45, 2.75) is 6.92 Å². The van der Waals surface area contributed by atoms with E-state index in [-0.39, 0.29) is 5.78 Å². The second-order valence-corrected chi connectivity index (χ2v) is 6.27. The summed E-state index contributed by atoms with van der Waals surface area (Å²) in [4.78, 5) is 14.3. The summed E-state index contributed by atoms with van der Waals surface area (Å²) < 4.78 is 11.2. The number of methoxy groups -OCH3 is 2. The molecule has 1 aromatic heterocycles. The number of anilines is 1. The first-order valence-electron chi connectivity index (χ1n) is 5.80. The van der Waals surface area contributed by atoms with Gasteiger partial charge in [0.05, 0.1) is 24.7 Å². The smallest absolute Gasteiger partial charge is 0.206 e. The Morgan fingerprint density at radius 3 is 2.30 bits per heavy atom. The van der Waals surface area contributed by atoms with E-state index in [4.69, 9.17) is 15.2 Å². The molecule has 0 spiro atoms. The van der Waals surface area contributed by atoms with E-state index in [1.54, 1.807) is 12.1 Å². The Morgan fingerprint density at radius 2 is 1.80 bits per heavy atom. The monoisotopic (exact) mass is 355 g/mol. The van der Waals surface area contributed by atoms with Crippen LogP contribution in [0.1, 0.15) is 20.1 Å². The number of rotatable bonds is 4. The van der Waals surface area contributed by atoms with Crippen molar-refractivity contribution in [1.29, 1.82) is 0 Å². The third kappa shape index (κ3) is 2.66. The molecule has 2 N–H and O–H groups in total. The van der Waals surface area contributed by atoms with Crippen LogP contribution in [0.2, 0.25) is 0 Å². The highest BCUT2D eigenvalue weighted by Gasteiger charge is 2.20. The van der Waals surface area contributed by atoms with Gasteiger partial charge in [0.2, 0.25) is 5.78 Å². The minimum absolute atomic E-state index is 0.131. The standard InChI is InChI=1S/C14H14BrNO3S/c1-7-4-9(15)14(20-7)13(17)8-5-11(18-2)12(19-3)6-10(8)16/h4-6H,16H2,1-3H3. The predicted octanol–water partition coefficient (Wildman–Crippen LogP) is 3.65. The van der Waals surface area contributed by atoms with Gasteiger partial charge >= 0.3 is 0 Å². The molecule has 0 aliphatic rings. The van der Waals surface area contributed by atoms with E-state index in [0.29, 0.717) is 27.6 Å². The number of benzene rings is 1. The molecule has 0 saturated heterocycles. The first kappa shape index (κ1) is 14.9. The first-order valence-corrected chi connectivity index (χ1v) is 7.41. The van der Waals surface area contributed by atoms with Crippen LogP contribution < -0.4 is 15.2 Å². The van der Waals surface area contributed by atoms with E-state index in [0.717, 1.165) is 9.35 Å². The molecule has 0 aliphatic heterocycles. The van der Waals surface area contributed by atoms with Crippen LogP contribution in [0.4, 0.5) is 5.69 Å². The maximum absolute atomic E-state index is 12.6. The van der Waals surface area contributed by atoms with Gasteiger partial charge in [0.25, 0.3) is 0 Å². The van der Waals surface area contributed by atoms with Gasteiger partial charge in [0, 0.05) is 21.1 Å². The molecule has 1 aromatic carbocycles. The molecule has 0 radical (unpaired) electrons. The van der Waals surface area contributed by atoms with Crippen LogP contribution in [0.5, 0.6) is 11.5 Å². The Balaban J connectivity index is 2.52. The van der Waals surface area contributed by atoms with Gasteiger partial charge in [-0.1, -0.05) is 0 Å². The highest BCUT2D eigenvalue weighted by atomic mass is 79.9. The van der Waals surface area contributed by atoms with Gasteiger partial charge in [-0.3, -0.25) is 4.79 Å². The minimum atomic E-state index is -0.131. The van der Waals surface area contributed by atoms with Crippen molar-refractivity contribution in [3.05, 3.63) is 38.0 Å². The number of ether oxygens (including phenoxy) is 2. The lowest BCUT2D eigenvalue weighted by Gasteiger charge is -2.11. The molecule has 4 nitrogen and oxygen atoms in total. The van der Waals surface area contributed by atoms with E-state index in [2.05, 4.69) is 15.9 Å². The van der Waals surface area contributed by atoms with E-state index in [1.165, 1.54) is 25.6 Å². The van der Waals surface area contributed by atoms with Crippen molar-refractivity contribution in [2.75, 3.05) is 20.0 Å². The van der Waals surface area contributed by atoms with Crippen molar-refractivity contribution in [3.63, 3.8) is 0 Å². The van der Waals surface area contributed by atoms with Gasteiger partial charge in [0.1, 0.15) is 0 Å². The van der Waals surface area contributed by atoms with Crippen LogP contribution in [0.15, 0.2) is 22.7 Å². The quantitative estimate of drug-likeness (QED) is 0.671. The summed E-state index contributed by atoms with van der Waals surface area (Å²) in [5, 5.41) is 0. The highest BCUT2D eigenvalue weighted by molar-refractivity contribution is 9.10. The first-order chi connectivity index (χ1) is 9.47. The Labute approximate surface area is 129 Å². The van der Waals surface area contributed by atoms with Crippen molar-refractivity contribution in [2.24, 2.45) is 0 Å². The molecule has 0 saturated carbocycles. The van der Waals surface area contributed by atoms with E-state index in [1.807, 2.05) is 13.0 Å². The number of nitrogens with two attached hydrogens (primary N) is 1. The molecule has 0 aliphatic carbocycles. The normalized spacial score (nSPS) is 10.4. The summed E-state index contributed by atoms with van der Waals surface area (Å²) in [5.74, 6) is 0.853. The van der Waals surface area contributed by atoms with Crippen LogP contribution in [0, 0.1) is 6.92 Å². The fourth-order valence-electron chi connectivity index (χ4n) is 1.85. The van der Waals surface area contributed by atoms with Crippen LogP contribution in [0.3, 0.4) is 0 Å². The van der Waals surface area contributed by atoms with Crippen molar-refractivity contribution >= 4 is 38.7 Å². The maximum Gasteiger partial charge on any atom is 0.206 e. The number of halogens is 1. The zero-order valence-corrected chi connectivity index (χ0v) is 13.7. The second kappa shape index (κ2) is 5.85. The molecule has 0 unspecified atom stereocenters.